The Hall–Kier alpha value is -1.55. The van der Waals surface area contributed by atoms with Gasteiger partial charge < -0.3 is 14.6 Å². The summed E-state index contributed by atoms with van der Waals surface area (Å²) in [6, 6.07) is 6.32. The molecular weight excluding hydrogens is 274 g/mol. The molecule has 1 aliphatic heterocycles. The third-order valence-corrected chi connectivity index (χ3v) is 4.23. The van der Waals surface area contributed by atoms with Crippen molar-refractivity contribution in [3.8, 4) is 5.75 Å². The second kappa shape index (κ2) is 6.69. The van der Waals surface area contributed by atoms with Gasteiger partial charge >= 0.3 is 0 Å². The summed E-state index contributed by atoms with van der Waals surface area (Å²) in [7, 11) is 0. The molecule has 2 heterocycles. The van der Waals surface area contributed by atoms with E-state index in [0.717, 1.165) is 37.3 Å². The SMILES string of the molecule is CCCn1c(C2CCCNC2)nc2cc(OC(C)C)ccc21. The number of rotatable bonds is 5. The maximum atomic E-state index is 5.82. The molecule has 1 aromatic heterocycles. The van der Waals surface area contributed by atoms with Gasteiger partial charge in [0.05, 0.1) is 17.1 Å². The molecule has 0 spiro atoms. The third-order valence-electron chi connectivity index (χ3n) is 4.23. The second-order valence-corrected chi connectivity index (χ2v) is 6.48. The van der Waals surface area contributed by atoms with Crippen molar-refractivity contribution < 1.29 is 4.74 Å². The van der Waals surface area contributed by atoms with Gasteiger partial charge in [0.1, 0.15) is 11.6 Å². The summed E-state index contributed by atoms with van der Waals surface area (Å²) < 4.78 is 8.22. The first-order valence-corrected chi connectivity index (χ1v) is 8.56. The molecule has 1 aliphatic rings. The van der Waals surface area contributed by atoms with Gasteiger partial charge in [0.2, 0.25) is 0 Å². The van der Waals surface area contributed by atoms with Crippen molar-refractivity contribution in [2.24, 2.45) is 0 Å². The highest BCUT2D eigenvalue weighted by Crippen LogP contribution is 2.29. The highest BCUT2D eigenvalue weighted by molar-refractivity contribution is 5.78. The molecule has 1 fully saturated rings. The minimum Gasteiger partial charge on any atom is -0.491 e. The zero-order chi connectivity index (χ0) is 15.5. The number of aromatic nitrogens is 2. The minimum absolute atomic E-state index is 0.192. The maximum absolute atomic E-state index is 5.82. The fourth-order valence-electron chi connectivity index (χ4n) is 3.32. The highest BCUT2D eigenvalue weighted by atomic mass is 16.5. The number of nitrogens with zero attached hydrogens (tertiary/aromatic N) is 2. The fraction of sp³-hybridized carbons (Fsp3) is 0.611. The fourth-order valence-corrected chi connectivity index (χ4v) is 3.32. The molecule has 0 radical (unpaired) electrons. The molecule has 0 saturated carbocycles. The lowest BCUT2D eigenvalue weighted by Crippen LogP contribution is -2.30. The number of hydrogen-bond acceptors (Lipinski definition) is 3. The molecule has 0 aliphatic carbocycles. The lowest BCUT2D eigenvalue weighted by molar-refractivity contribution is 0.242. The number of nitrogens with one attached hydrogen (secondary N) is 1. The number of aryl methyl sites for hydroxylation is 1. The Morgan fingerprint density at radius 3 is 2.95 bits per heavy atom. The number of piperidine rings is 1. The molecule has 2 aromatic rings. The van der Waals surface area contributed by atoms with Gasteiger partial charge in [-0.15, -0.1) is 0 Å². The van der Waals surface area contributed by atoms with Crippen LogP contribution in [0.3, 0.4) is 0 Å². The van der Waals surface area contributed by atoms with Crippen LogP contribution in [0.25, 0.3) is 11.0 Å². The van der Waals surface area contributed by atoms with Crippen LogP contribution in [0.15, 0.2) is 18.2 Å². The van der Waals surface area contributed by atoms with Gasteiger partial charge in [-0.1, -0.05) is 6.92 Å². The van der Waals surface area contributed by atoms with E-state index in [0.29, 0.717) is 5.92 Å². The van der Waals surface area contributed by atoms with Gasteiger partial charge in [0.25, 0.3) is 0 Å². The van der Waals surface area contributed by atoms with E-state index >= 15 is 0 Å². The van der Waals surface area contributed by atoms with Crippen LogP contribution < -0.4 is 10.1 Å². The molecule has 1 aromatic carbocycles. The van der Waals surface area contributed by atoms with Gasteiger partial charge in [-0.05, 0) is 51.8 Å². The topological polar surface area (TPSA) is 39.1 Å². The van der Waals surface area contributed by atoms with E-state index in [1.807, 2.05) is 0 Å². The monoisotopic (exact) mass is 301 g/mol. The van der Waals surface area contributed by atoms with Crippen LogP contribution in [0.5, 0.6) is 5.75 Å². The van der Waals surface area contributed by atoms with Gasteiger partial charge in [0, 0.05) is 25.1 Å². The van der Waals surface area contributed by atoms with E-state index in [-0.39, 0.29) is 6.10 Å². The molecule has 0 amide bonds. The van der Waals surface area contributed by atoms with Crippen LogP contribution in [0.4, 0.5) is 0 Å². The molecule has 22 heavy (non-hydrogen) atoms. The van der Waals surface area contributed by atoms with Gasteiger partial charge in [-0.3, -0.25) is 0 Å². The molecule has 0 bridgehead atoms. The molecule has 120 valence electrons. The Morgan fingerprint density at radius 1 is 1.41 bits per heavy atom. The van der Waals surface area contributed by atoms with Crippen molar-refractivity contribution in [2.75, 3.05) is 13.1 Å². The molecule has 3 rings (SSSR count). The smallest absolute Gasteiger partial charge is 0.121 e. The minimum atomic E-state index is 0.192. The lowest BCUT2D eigenvalue weighted by Gasteiger charge is -2.23. The molecule has 1 N–H and O–H groups in total. The van der Waals surface area contributed by atoms with Crippen molar-refractivity contribution in [2.45, 2.75) is 58.6 Å². The first kappa shape index (κ1) is 15.3. The normalized spacial score (nSPS) is 19.0. The largest absolute Gasteiger partial charge is 0.491 e. The Morgan fingerprint density at radius 2 is 2.27 bits per heavy atom. The standard InChI is InChI=1S/C18H27N3O/c1-4-10-21-17-8-7-15(22-13(2)3)11-16(17)20-18(21)14-6-5-9-19-12-14/h7-8,11,13-14,19H,4-6,9-10,12H2,1-3H3. The van der Waals surface area contributed by atoms with Crippen molar-refractivity contribution in [1.82, 2.24) is 14.9 Å². The summed E-state index contributed by atoms with van der Waals surface area (Å²) in [6.45, 7) is 9.55. The number of benzene rings is 1. The Balaban J connectivity index is 2.00. The number of hydrogen-bond donors (Lipinski definition) is 1. The first-order valence-electron chi connectivity index (χ1n) is 8.56. The molecule has 1 unspecified atom stereocenters. The number of imidazole rings is 1. The Labute approximate surface area is 132 Å². The average Bonchev–Trinajstić information content (AvgIpc) is 2.86. The first-order chi connectivity index (χ1) is 10.7. The maximum Gasteiger partial charge on any atom is 0.121 e. The van der Waals surface area contributed by atoms with Gasteiger partial charge in [-0.2, -0.15) is 0 Å². The summed E-state index contributed by atoms with van der Waals surface area (Å²) >= 11 is 0. The summed E-state index contributed by atoms with van der Waals surface area (Å²) in [4.78, 5) is 4.97. The summed E-state index contributed by atoms with van der Waals surface area (Å²) in [5.74, 6) is 2.69. The predicted molar refractivity (Wildman–Crippen MR) is 90.6 cm³/mol. The summed E-state index contributed by atoms with van der Waals surface area (Å²) in [5.41, 5.74) is 2.30. The molecule has 1 saturated heterocycles. The van der Waals surface area contributed by atoms with Crippen molar-refractivity contribution in [3.63, 3.8) is 0 Å². The Bertz CT molecular complexity index is 627. The van der Waals surface area contributed by atoms with Crippen LogP contribution in [0.2, 0.25) is 0 Å². The quantitative estimate of drug-likeness (QED) is 0.915. The van der Waals surface area contributed by atoms with Gasteiger partial charge in [0.15, 0.2) is 0 Å². The number of fused-ring (bicyclic) bond motifs is 1. The van der Waals surface area contributed by atoms with Crippen LogP contribution in [0, 0.1) is 0 Å². The van der Waals surface area contributed by atoms with Crippen LogP contribution in [-0.2, 0) is 6.54 Å². The van der Waals surface area contributed by atoms with E-state index < -0.39 is 0 Å². The highest BCUT2D eigenvalue weighted by Gasteiger charge is 2.22. The van der Waals surface area contributed by atoms with E-state index in [1.54, 1.807) is 0 Å². The number of ether oxygens (including phenoxy) is 1. The van der Waals surface area contributed by atoms with Crippen molar-refractivity contribution in [1.29, 1.82) is 0 Å². The van der Waals surface area contributed by atoms with Crippen LogP contribution in [0.1, 0.15) is 51.8 Å². The molecular formula is C18H27N3O. The van der Waals surface area contributed by atoms with E-state index in [4.69, 9.17) is 9.72 Å². The lowest BCUT2D eigenvalue weighted by atomic mass is 9.99. The molecule has 4 nitrogen and oxygen atoms in total. The Kier molecular flexibility index (Phi) is 4.67. The zero-order valence-electron chi connectivity index (χ0n) is 13.9. The average molecular weight is 301 g/mol. The van der Waals surface area contributed by atoms with E-state index in [9.17, 15) is 0 Å². The molecule has 1 atom stereocenters. The van der Waals surface area contributed by atoms with Gasteiger partial charge in [-0.25, -0.2) is 4.98 Å². The van der Waals surface area contributed by atoms with E-state index in [2.05, 4.69) is 48.9 Å². The predicted octanol–water partition coefficient (Wildman–Crippen LogP) is 3.70. The summed E-state index contributed by atoms with van der Waals surface area (Å²) in [6.07, 6.45) is 3.79. The van der Waals surface area contributed by atoms with Crippen LogP contribution in [-0.4, -0.2) is 28.7 Å². The van der Waals surface area contributed by atoms with Crippen molar-refractivity contribution >= 4 is 11.0 Å². The zero-order valence-corrected chi connectivity index (χ0v) is 13.9. The van der Waals surface area contributed by atoms with Crippen LogP contribution >= 0.6 is 0 Å². The van der Waals surface area contributed by atoms with E-state index in [1.165, 1.54) is 24.2 Å². The second-order valence-electron chi connectivity index (χ2n) is 6.48. The third kappa shape index (κ3) is 3.12. The summed E-state index contributed by atoms with van der Waals surface area (Å²) in [5, 5.41) is 3.51. The van der Waals surface area contributed by atoms with Crippen molar-refractivity contribution in [3.05, 3.63) is 24.0 Å². The molecule has 4 heteroatoms.